The van der Waals surface area contributed by atoms with Crippen molar-refractivity contribution in [2.45, 2.75) is 18.9 Å². The third-order valence-electron chi connectivity index (χ3n) is 2.28. The van der Waals surface area contributed by atoms with Crippen LogP contribution >= 0.6 is 15.9 Å². The zero-order valence-electron chi connectivity index (χ0n) is 6.70. The first-order valence-corrected chi connectivity index (χ1v) is 4.94. The number of nitrogens with two attached hydrogens (primary N) is 1. The van der Waals surface area contributed by atoms with Gasteiger partial charge < -0.3 is 5.73 Å². The van der Waals surface area contributed by atoms with Crippen molar-refractivity contribution in [3.63, 3.8) is 0 Å². The fourth-order valence-corrected chi connectivity index (χ4v) is 1.87. The van der Waals surface area contributed by atoms with Crippen LogP contribution in [0.15, 0.2) is 22.9 Å². The molecular weight excluding hydrogens is 216 g/mol. The van der Waals surface area contributed by atoms with E-state index in [-0.39, 0.29) is 6.04 Å². The summed E-state index contributed by atoms with van der Waals surface area (Å²) in [7, 11) is 0. The molecule has 2 nitrogen and oxygen atoms in total. The van der Waals surface area contributed by atoms with E-state index in [4.69, 9.17) is 5.73 Å². The summed E-state index contributed by atoms with van der Waals surface area (Å²) in [6.07, 6.45) is 4.30. The maximum absolute atomic E-state index is 6.03. The minimum absolute atomic E-state index is 0.174. The van der Waals surface area contributed by atoms with E-state index in [1.807, 2.05) is 12.1 Å². The molecule has 2 rings (SSSR count). The first-order chi connectivity index (χ1) is 5.79. The van der Waals surface area contributed by atoms with Gasteiger partial charge in [0.1, 0.15) is 4.60 Å². The van der Waals surface area contributed by atoms with Crippen LogP contribution in [0.5, 0.6) is 0 Å². The van der Waals surface area contributed by atoms with Crippen LogP contribution in [0.4, 0.5) is 0 Å². The van der Waals surface area contributed by atoms with E-state index in [9.17, 15) is 0 Å². The first-order valence-electron chi connectivity index (χ1n) is 4.15. The summed E-state index contributed by atoms with van der Waals surface area (Å²) < 4.78 is 0.893. The Kier molecular flexibility index (Phi) is 2.15. The van der Waals surface area contributed by atoms with Crippen LogP contribution in [-0.4, -0.2) is 4.98 Å². The number of nitrogens with zero attached hydrogens (tertiary/aromatic N) is 1. The number of hydrogen-bond donors (Lipinski definition) is 1. The maximum Gasteiger partial charge on any atom is 0.110 e. The van der Waals surface area contributed by atoms with Crippen LogP contribution in [0.1, 0.15) is 24.4 Å². The molecule has 1 saturated carbocycles. The number of halogens is 1. The molecule has 12 heavy (non-hydrogen) atoms. The summed E-state index contributed by atoms with van der Waals surface area (Å²) in [6, 6.07) is 4.15. The lowest BCUT2D eigenvalue weighted by Gasteiger charge is -2.10. The first kappa shape index (κ1) is 8.20. The van der Waals surface area contributed by atoms with Crippen molar-refractivity contribution in [1.29, 1.82) is 0 Å². The van der Waals surface area contributed by atoms with Crippen molar-refractivity contribution in [2.75, 3.05) is 0 Å². The summed E-state index contributed by atoms with van der Waals surface area (Å²) in [6.45, 7) is 0. The number of pyridine rings is 1. The van der Waals surface area contributed by atoms with Gasteiger partial charge in [-0.25, -0.2) is 4.98 Å². The Morgan fingerprint density at radius 2 is 2.33 bits per heavy atom. The molecule has 1 aromatic heterocycles. The highest BCUT2D eigenvalue weighted by atomic mass is 79.9. The molecule has 0 bridgehead atoms. The number of hydrogen-bond acceptors (Lipinski definition) is 2. The van der Waals surface area contributed by atoms with Crippen molar-refractivity contribution in [2.24, 2.45) is 11.7 Å². The quantitative estimate of drug-likeness (QED) is 0.787. The van der Waals surface area contributed by atoms with Crippen LogP contribution in [0.2, 0.25) is 0 Å². The predicted octanol–water partition coefficient (Wildman–Crippen LogP) is 2.25. The molecule has 1 aliphatic rings. The van der Waals surface area contributed by atoms with Gasteiger partial charge in [0, 0.05) is 17.8 Å². The molecule has 3 heteroatoms. The molecular formula is C9H11BrN2. The summed E-state index contributed by atoms with van der Waals surface area (Å²) in [5.74, 6) is 0.686. The molecule has 1 unspecified atom stereocenters. The highest BCUT2D eigenvalue weighted by Gasteiger charge is 2.30. The molecule has 0 aliphatic heterocycles. The zero-order chi connectivity index (χ0) is 8.55. The Bertz CT molecular complexity index is 284. The molecule has 1 aliphatic carbocycles. The molecule has 0 radical (unpaired) electrons. The molecule has 2 N–H and O–H groups in total. The number of aromatic nitrogens is 1. The maximum atomic E-state index is 6.03. The second-order valence-corrected chi connectivity index (χ2v) is 4.00. The standard InChI is InChI=1S/C9H11BrN2/c10-9-7(2-1-5-12-9)8(11)6-3-4-6/h1-2,5-6,8H,3-4,11H2. The summed E-state index contributed by atoms with van der Waals surface area (Å²) in [5.41, 5.74) is 7.17. The Morgan fingerprint density at radius 1 is 1.58 bits per heavy atom. The molecule has 0 aromatic carbocycles. The summed E-state index contributed by atoms with van der Waals surface area (Å²) >= 11 is 3.40. The van der Waals surface area contributed by atoms with E-state index < -0.39 is 0 Å². The molecule has 0 saturated heterocycles. The van der Waals surface area contributed by atoms with Gasteiger partial charge in [-0.3, -0.25) is 0 Å². The van der Waals surface area contributed by atoms with Gasteiger partial charge in [-0.1, -0.05) is 6.07 Å². The van der Waals surface area contributed by atoms with Crippen molar-refractivity contribution in [1.82, 2.24) is 4.98 Å². The Balaban J connectivity index is 2.25. The van der Waals surface area contributed by atoms with E-state index in [1.54, 1.807) is 6.20 Å². The monoisotopic (exact) mass is 226 g/mol. The smallest absolute Gasteiger partial charge is 0.110 e. The fourth-order valence-electron chi connectivity index (χ4n) is 1.36. The van der Waals surface area contributed by atoms with Crippen molar-refractivity contribution >= 4 is 15.9 Å². The Hall–Kier alpha value is -0.410. The fraction of sp³-hybridized carbons (Fsp3) is 0.444. The minimum atomic E-state index is 0.174. The van der Waals surface area contributed by atoms with E-state index in [0.29, 0.717) is 5.92 Å². The van der Waals surface area contributed by atoms with Gasteiger partial charge in [0.25, 0.3) is 0 Å². The lowest BCUT2D eigenvalue weighted by Crippen LogP contribution is -2.13. The van der Waals surface area contributed by atoms with Crippen molar-refractivity contribution in [3.05, 3.63) is 28.5 Å². The van der Waals surface area contributed by atoms with Gasteiger partial charge >= 0.3 is 0 Å². The topological polar surface area (TPSA) is 38.9 Å². The number of rotatable bonds is 2. The average Bonchev–Trinajstić information content (AvgIpc) is 2.86. The van der Waals surface area contributed by atoms with Crippen molar-refractivity contribution < 1.29 is 0 Å². The molecule has 1 heterocycles. The zero-order valence-corrected chi connectivity index (χ0v) is 8.29. The summed E-state index contributed by atoms with van der Waals surface area (Å²) in [4.78, 5) is 4.15. The minimum Gasteiger partial charge on any atom is -0.324 e. The molecule has 1 aromatic rings. The van der Waals surface area contributed by atoms with Crippen LogP contribution in [-0.2, 0) is 0 Å². The predicted molar refractivity (Wildman–Crippen MR) is 51.6 cm³/mol. The van der Waals surface area contributed by atoms with Crippen LogP contribution < -0.4 is 5.73 Å². The van der Waals surface area contributed by atoms with E-state index in [2.05, 4.69) is 20.9 Å². The van der Waals surface area contributed by atoms with Crippen molar-refractivity contribution in [3.8, 4) is 0 Å². The Morgan fingerprint density at radius 3 is 2.92 bits per heavy atom. The van der Waals surface area contributed by atoms with Gasteiger partial charge in [-0.05, 0) is 40.8 Å². The Labute approximate surface area is 80.3 Å². The lowest BCUT2D eigenvalue weighted by atomic mass is 10.1. The largest absolute Gasteiger partial charge is 0.324 e. The SMILES string of the molecule is NC(c1cccnc1Br)C1CC1. The third kappa shape index (κ3) is 1.52. The molecule has 1 atom stereocenters. The summed E-state index contributed by atoms with van der Waals surface area (Å²) in [5, 5.41) is 0. The third-order valence-corrected chi connectivity index (χ3v) is 2.94. The molecule has 1 fully saturated rings. The highest BCUT2D eigenvalue weighted by molar-refractivity contribution is 9.10. The van der Waals surface area contributed by atoms with Crippen LogP contribution in [0.3, 0.4) is 0 Å². The van der Waals surface area contributed by atoms with Gasteiger partial charge in [0.2, 0.25) is 0 Å². The lowest BCUT2D eigenvalue weighted by molar-refractivity contribution is 0.627. The van der Waals surface area contributed by atoms with E-state index in [0.717, 1.165) is 10.2 Å². The van der Waals surface area contributed by atoms with Gasteiger partial charge in [-0.15, -0.1) is 0 Å². The second kappa shape index (κ2) is 3.15. The molecule has 0 spiro atoms. The highest BCUT2D eigenvalue weighted by Crippen LogP contribution is 2.40. The van der Waals surface area contributed by atoms with E-state index in [1.165, 1.54) is 12.8 Å². The van der Waals surface area contributed by atoms with E-state index >= 15 is 0 Å². The van der Waals surface area contributed by atoms with Gasteiger partial charge in [-0.2, -0.15) is 0 Å². The molecule has 0 amide bonds. The van der Waals surface area contributed by atoms with Crippen LogP contribution in [0.25, 0.3) is 0 Å². The molecule has 64 valence electrons. The van der Waals surface area contributed by atoms with Crippen LogP contribution in [0, 0.1) is 5.92 Å². The normalized spacial score (nSPS) is 19.2. The van der Waals surface area contributed by atoms with Gasteiger partial charge in [0.15, 0.2) is 0 Å². The average molecular weight is 227 g/mol. The van der Waals surface area contributed by atoms with Gasteiger partial charge in [0.05, 0.1) is 0 Å². The second-order valence-electron chi connectivity index (χ2n) is 3.25.